The molecule has 2 heterocycles. The normalized spacial score (nSPS) is 32.1. The van der Waals surface area contributed by atoms with Crippen LogP contribution in [0, 0.1) is 5.92 Å². The Balaban J connectivity index is 1.65. The summed E-state index contributed by atoms with van der Waals surface area (Å²) in [5.74, 6) is 0.754. The van der Waals surface area contributed by atoms with E-state index < -0.39 is 0 Å². The van der Waals surface area contributed by atoms with Gasteiger partial charge in [-0.2, -0.15) is 0 Å². The molecule has 2 fully saturated rings. The topological polar surface area (TPSA) is 26.7 Å². The van der Waals surface area contributed by atoms with Crippen molar-refractivity contribution in [2.24, 2.45) is 5.92 Å². The van der Waals surface area contributed by atoms with Crippen molar-refractivity contribution in [1.29, 1.82) is 0 Å². The molecule has 0 saturated carbocycles. The van der Waals surface area contributed by atoms with Crippen LogP contribution in [0.2, 0.25) is 0 Å². The molecule has 2 saturated heterocycles. The monoisotopic (exact) mass is 240 g/mol. The summed E-state index contributed by atoms with van der Waals surface area (Å²) in [5.41, 5.74) is 0. The first-order valence-corrected chi connectivity index (χ1v) is 7.33. The first-order chi connectivity index (χ1) is 8.29. The third-order valence-corrected chi connectivity index (χ3v) is 4.61. The third kappa shape index (κ3) is 3.94. The van der Waals surface area contributed by atoms with Crippen molar-refractivity contribution in [1.82, 2.24) is 9.80 Å². The molecule has 2 rings (SSSR count). The SMILES string of the molecule is CN1CCCCC1CCN1CCC(CCO)C1. The molecule has 17 heavy (non-hydrogen) atoms. The molecule has 0 bridgehead atoms. The average Bonchev–Trinajstić information content (AvgIpc) is 2.76. The molecular formula is C14H28N2O. The predicted octanol–water partition coefficient (Wildman–Crippen LogP) is 1.57. The van der Waals surface area contributed by atoms with E-state index in [1.54, 1.807) is 0 Å². The molecule has 0 aromatic carbocycles. The molecule has 3 heteroatoms. The maximum absolute atomic E-state index is 8.96. The first-order valence-electron chi connectivity index (χ1n) is 7.33. The minimum atomic E-state index is 0.365. The zero-order valence-electron chi connectivity index (χ0n) is 11.3. The Bertz CT molecular complexity index is 222. The van der Waals surface area contributed by atoms with E-state index in [0.29, 0.717) is 6.61 Å². The molecule has 2 unspecified atom stereocenters. The fourth-order valence-electron chi connectivity index (χ4n) is 3.37. The van der Waals surface area contributed by atoms with Crippen molar-refractivity contribution in [2.75, 3.05) is 39.8 Å². The smallest absolute Gasteiger partial charge is 0.0434 e. The fourth-order valence-corrected chi connectivity index (χ4v) is 3.37. The Labute approximate surface area is 106 Å². The van der Waals surface area contributed by atoms with Crippen LogP contribution in [0.1, 0.15) is 38.5 Å². The second-order valence-electron chi connectivity index (χ2n) is 5.89. The van der Waals surface area contributed by atoms with Crippen molar-refractivity contribution in [2.45, 2.75) is 44.6 Å². The Morgan fingerprint density at radius 1 is 1.12 bits per heavy atom. The fraction of sp³-hybridized carbons (Fsp3) is 1.00. The van der Waals surface area contributed by atoms with Crippen LogP contribution >= 0.6 is 0 Å². The Morgan fingerprint density at radius 3 is 2.76 bits per heavy atom. The highest BCUT2D eigenvalue weighted by Crippen LogP contribution is 2.22. The van der Waals surface area contributed by atoms with Gasteiger partial charge in [0.15, 0.2) is 0 Å². The van der Waals surface area contributed by atoms with Gasteiger partial charge in [-0.15, -0.1) is 0 Å². The molecule has 1 N–H and O–H groups in total. The summed E-state index contributed by atoms with van der Waals surface area (Å²) < 4.78 is 0. The van der Waals surface area contributed by atoms with Gasteiger partial charge in [0.05, 0.1) is 0 Å². The quantitative estimate of drug-likeness (QED) is 0.790. The van der Waals surface area contributed by atoms with Gasteiger partial charge in [-0.25, -0.2) is 0 Å². The van der Waals surface area contributed by atoms with Crippen molar-refractivity contribution >= 4 is 0 Å². The predicted molar refractivity (Wildman–Crippen MR) is 71.1 cm³/mol. The van der Waals surface area contributed by atoms with Gasteiger partial charge in [-0.1, -0.05) is 6.42 Å². The molecule has 0 aromatic heterocycles. The zero-order valence-corrected chi connectivity index (χ0v) is 11.3. The largest absolute Gasteiger partial charge is 0.396 e. The van der Waals surface area contributed by atoms with Gasteiger partial charge in [-0.05, 0) is 64.7 Å². The lowest BCUT2D eigenvalue weighted by atomic mass is 10.00. The first kappa shape index (κ1) is 13.3. The van der Waals surface area contributed by atoms with Crippen molar-refractivity contribution in [3.63, 3.8) is 0 Å². The highest BCUT2D eigenvalue weighted by atomic mass is 16.3. The Kier molecular flexibility index (Phi) is 5.26. The van der Waals surface area contributed by atoms with Crippen LogP contribution in [0.3, 0.4) is 0 Å². The van der Waals surface area contributed by atoms with Crippen LogP contribution in [0.25, 0.3) is 0 Å². The number of piperidine rings is 1. The Morgan fingerprint density at radius 2 is 2.00 bits per heavy atom. The van der Waals surface area contributed by atoms with Crippen LogP contribution in [0.4, 0.5) is 0 Å². The van der Waals surface area contributed by atoms with Gasteiger partial charge in [-0.3, -0.25) is 0 Å². The van der Waals surface area contributed by atoms with Gasteiger partial charge in [0.25, 0.3) is 0 Å². The van der Waals surface area contributed by atoms with E-state index >= 15 is 0 Å². The van der Waals surface area contributed by atoms with Gasteiger partial charge < -0.3 is 14.9 Å². The molecule has 0 aromatic rings. The molecule has 0 aliphatic carbocycles. The van der Waals surface area contributed by atoms with E-state index in [2.05, 4.69) is 16.8 Å². The van der Waals surface area contributed by atoms with Crippen molar-refractivity contribution in [3.05, 3.63) is 0 Å². The standard InChI is InChI=1S/C14H28N2O/c1-15-8-3-2-4-14(15)6-10-16-9-5-13(12-16)7-11-17/h13-14,17H,2-12H2,1H3. The maximum atomic E-state index is 8.96. The zero-order chi connectivity index (χ0) is 12.1. The minimum absolute atomic E-state index is 0.365. The van der Waals surface area contributed by atoms with E-state index in [9.17, 15) is 0 Å². The van der Waals surface area contributed by atoms with Crippen LogP contribution < -0.4 is 0 Å². The maximum Gasteiger partial charge on any atom is 0.0434 e. The second-order valence-corrected chi connectivity index (χ2v) is 5.89. The van der Waals surface area contributed by atoms with Crippen molar-refractivity contribution < 1.29 is 5.11 Å². The van der Waals surface area contributed by atoms with Crippen LogP contribution in [-0.2, 0) is 0 Å². The average molecular weight is 240 g/mol. The van der Waals surface area contributed by atoms with E-state index in [4.69, 9.17) is 5.11 Å². The van der Waals surface area contributed by atoms with Gasteiger partial charge in [0, 0.05) is 19.2 Å². The Hall–Kier alpha value is -0.120. The lowest BCUT2D eigenvalue weighted by Crippen LogP contribution is -2.38. The molecule has 2 atom stereocenters. The van der Waals surface area contributed by atoms with Crippen LogP contribution in [0.5, 0.6) is 0 Å². The van der Waals surface area contributed by atoms with E-state index in [1.165, 1.54) is 58.3 Å². The number of aliphatic hydroxyl groups is 1. The second kappa shape index (κ2) is 6.72. The van der Waals surface area contributed by atoms with E-state index in [-0.39, 0.29) is 0 Å². The summed E-state index contributed by atoms with van der Waals surface area (Å²) in [7, 11) is 2.28. The van der Waals surface area contributed by atoms with E-state index in [0.717, 1.165) is 18.4 Å². The highest BCUT2D eigenvalue weighted by molar-refractivity contribution is 4.79. The molecule has 2 aliphatic heterocycles. The third-order valence-electron chi connectivity index (χ3n) is 4.61. The summed E-state index contributed by atoms with van der Waals surface area (Å²) >= 11 is 0. The lowest BCUT2D eigenvalue weighted by molar-refractivity contribution is 0.158. The number of rotatable bonds is 5. The number of aliphatic hydroxyl groups excluding tert-OH is 1. The summed E-state index contributed by atoms with van der Waals surface area (Å²) in [6.45, 7) is 5.39. The van der Waals surface area contributed by atoms with E-state index in [1.807, 2.05) is 0 Å². The van der Waals surface area contributed by atoms with Gasteiger partial charge in [0.2, 0.25) is 0 Å². The molecule has 3 nitrogen and oxygen atoms in total. The number of nitrogens with zero attached hydrogens (tertiary/aromatic N) is 2. The molecule has 2 aliphatic rings. The van der Waals surface area contributed by atoms with Gasteiger partial charge in [0.1, 0.15) is 0 Å². The van der Waals surface area contributed by atoms with Crippen LogP contribution in [0.15, 0.2) is 0 Å². The summed E-state index contributed by atoms with van der Waals surface area (Å²) in [6, 6.07) is 0.820. The summed E-state index contributed by atoms with van der Waals surface area (Å²) in [6.07, 6.45) is 7.82. The lowest BCUT2D eigenvalue weighted by Gasteiger charge is -2.33. The van der Waals surface area contributed by atoms with Crippen LogP contribution in [-0.4, -0.2) is 60.8 Å². The van der Waals surface area contributed by atoms with Gasteiger partial charge >= 0.3 is 0 Å². The highest BCUT2D eigenvalue weighted by Gasteiger charge is 2.24. The molecule has 100 valence electrons. The molecular weight excluding hydrogens is 212 g/mol. The summed E-state index contributed by atoms with van der Waals surface area (Å²) in [5, 5.41) is 8.96. The minimum Gasteiger partial charge on any atom is -0.396 e. The number of hydrogen-bond acceptors (Lipinski definition) is 3. The summed E-state index contributed by atoms with van der Waals surface area (Å²) in [4.78, 5) is 5.15. The molecule has 0 amide bonds. The van der Waals surface area contributed by atoms with Crippen molar-refractivity contribution in [3.8, 4) is 0 Å². The molecule has 0 spiro atoms. The molecule has 0 radical (unpaired) electrons. The number of likely N-dealkylation sites (tertiary alicyclic amines) is 2. The number of hydrogen-bond donors (Lipinski definition) is 1.